The molecule has 15 heavy (non-hydrogen) atoms. The lowest BCUT2D eigenvalue weighted by molar-refractivity contribution is -0.117. The van der Waals surface area contributed by atoms with Gasteiger partial charge < -0.3 is 4.79 Å². The lowest BCUT2D eigenvalue weighted by Crippen LogP contribution is -1.95. The lowest BCUT2D eigenvalue weighted by Gasteiger charge is -1.99. The van der Waals surface area contributed by atoms with Gasteiger partial charge >= 0.3 is 0 Å². The summed E-state index contributed by atoms with van der Waals surface area (Å²) in [6.07, 6.45) is 3.62. The van der Waals surface area contributed by atoms with E-state index < -0.39 is 0 Å². The number of nitrogens with zero attached hydrogens (tertiary/aromatic N) is 1. The number of carbonyl (C=O) groups excluding carboxylic acids is 1. The Labute approximate surface area is 95.7 Å². The van der Waals surface area contributed by atoms with Gasteiger partial charge in [0.25, 0.3) is 0 Å². The molecule has 0 N–H and O–H groups in total. The van der Waals surface area contributed by atoms with Gasteiger partial charge in [-0.2, -0.15) is 0 Å². The molecule has 0 aromatic carbocycles. The van der Waals surface area contributed by atoms with E-state index in [1.165, 1.54) is 10.7 Å². The highest BCUT2D eigenvalue weighted by Crippen LogP contribution is 2.15. The molecular formula is C12H19NOS. The molecule has 0 saturated heterocycles. The standard InChI is InChI=1S/C12H19NOS/c1-9(2)7-11-8-15-12(13-11)6-4-5-10(3)14/h8-9H,4-7H2,1-3H3. The van der Waals surface area contributed by atoms with E-state index in [0.29, 0.717) is 12.3 Å². The minimum Gasteiger partial charge on any atom is -0.300 e. The first-order valence-corrected chi connectivity index (χ1v) is 6.38. The first-order valence-electron chi connectivity index (χ1n) is 5.50. The molecule has 1 rings (SSSR count). The normalized spacial score (nSPS) is 10.9. The van der Waals surface area contributed by atoms with Crippen LogP contribution in [0.4, 0.5) is 0 Å². The van der Waals surface area contributed by atoms with Gasteiger partial charge in [-0.25, -0.2) is 4.98 Å². The van der Waals surface area contributed by atoms with E-state index >= 15 is 0 Å². The number of hydrogen-bond donors (Lipinski definition) is 0. The molecule has 0 bridgehead atoms. The molecule has 2 nitrogen and oxygen atoms in total. The number of Topliss-reactive ketones (excluding diaryl/α,β-unsaturated/α-hetero) is 1. The smallest absolute Gasteiger partial charge is 0.129 e. The molecule has 0 spiro atoms. The van der Waals surface area contributed by atoms with Gasteiger partial charge in [0, 0.05) is 11.8 Å². The summed E-state index contributed by atoms with van der Waals surface area (Å²) in [6.45, 7) is 6.05. The molecule has 0 aliphatic heterocycles. The number of aryl methyl sites for hydroxylation is 1. The molecule has 3 heteroatoms. The van der Waals surface area contributed by atoms with Crippen molar-refractivity contribution in [2.45, 2.75) is 46.5 Å². The van der Waals surface area contributed by atoms with Crippen LogP contribution in [-0.4, -0.2) is 10.8 Å². The van der Waals surface area contributed by atoms with Crippen molar-refractivity contribution in [2.75, 3.05) is 0 Å². The number of ketones is 1. The maximum absolute atomic E-state index is 10.8. The predicted molar refractivity (Wildman–Crippen MR) is 64.3 cm³/mol. The highest BCUT2D eigenvalue weighted by atomic mass is 32.1. The molecule has 0 aliphatic carbocycles. The van der Waals surface area contributed by atoms with Crippen LogP contribution >= 0.6 is 11.3 Å². The molecule has 0 radical (unpaired) electrons. The summed E-state index contributed by atoms with van der Waals surface area (Å²) in [6, 6.07) is 0. The van der Waals surface area contributed by atoms with Crippen LogP contribution in [0, 0.1) is 5.92 Å². The Bertz CT molecular complexity index is 317. The molecule has 0 unspecified atom stereocenters. The lowest BCUT2D eigenvalue weighted by atomic mass is 10.1. The van der Waals surface area contributed by atoms with E-state index in [2.05, 4.69) is 24.2 Å². The van der Waals surface area contributed by atoms with Gasteiger partial charge in [0.1, 0.15) is 5.78 Å². The van der Waals surface area contributed by atoms with E-state index in [-0.39, 0.29) is 5.78 Å². The zero-order chi connectivity index (χ0) is 11.3. The average Bonchev–Trinajstić information content (AvgIpc) is 2.50. The molecule has 1 aromatic heterocycles. The summed E-state index contributed by atoms with van der Waals surface area (Å²) in [5.41, 5.74) is 1.20. The van der Waals surface area contributed by atoms with Crippen LogP contribution in [0.5, 0.6) is 0 Å². The number of carbonyl (C=O) groups is 1. The number of hydrogen-bond acceptors (Lipinski definition) is 3. The fourth-order valence-electron chi connectivity index (χ4n) is 1.46. The Morgan fingerprint density at radius 2 is 2.27 bits per heavy atom. The van der Waals surface area contributed by atoms with E-state index in [9.17, 15) is 4.79 Å². The average molecular weight is 225 g/mol. The van der Waals surface area contributed by atoms with Crippen LogP contribution in [0.2, 0.25) is 0 Å². The van der Waals surface area contributed by atoms with Crippen molar-refractivity contribution in [1.82, 2.24) is 4.98 Å². The number of aromatic nitrogens is 1. The van der Waals surface area contributed by atoms with Gasteiger partial charge in [0.2, 0.25) is 0 Å². The monoisotopic (exact) mass is 225 g/mol. The van der Waals surface area contributed by atoms with E-state index in [0.717, 1.165) is 19.3 Å². The summed E-state index contributed by atoms with van der Waals surface area (Å²) in [4.78, 5) is 15.3. The third kappa shape index (κ3) is 5.07. The fraction of sp³-hybridized carbons (Fsp3) is 0.667. The molecule has 0 aliphatic rings. The van der Waals surface area contributed by atoms with E-state index in [1.807, 2.05) is 0 Å². The van der Waals surface area contributed by atoms with Gasteiger partial charge in [-0.1, -0.05) is 13.8 Å². The first-order chi connectivity index (χ1) is 7.08. The Morgan fingerprint density at radius 3 is 2.87 bits per heavy atom. The molecule has 84 valence electrons. The van der Waals surface area contributed by atoms with Gasteiger partial charge in [0.15, 0.2) is 0 Å². The SMILES string of the molecule is CC(=O)CCCc1nc(CC(C)C)cs1. The summed E-state index contributed by atoms with van der Waals surface area (Å²) >= 11 is 1.72. The highest BCUT2D eigenvalue weighted by molar-refractivity contribution is 7.09. The van der Waals surface area contributed by atoms with Gasteiger partial charge in [-0.15, -0.1) is 11.3 Å². The molecule has 0 atom stereocenters. The second kappa shape index (κ2) is 6.01. The minimum absolute atomic E-state index is 0.272. The second-order valence-electron chi connectivity index (χ2n) is 4.39. The van der Waals surface area contributed by atoms with Crippen molar-refractivity contribution in [3.05, 3.63) is 16.1 Å². The van der Waals surface area contributed by atoms with Crippen molar-refractivity contribution in [3.8, 4) is 0 Å². The van der Waals surface area contributed by atoms with Crippen molar-refractivity contribution < 1.29 is 4.79 Å². The van der Waals surface area contributed by atoms with Gasteiger partial charge in [0.05, 0.1) is 10.7 Å². The third-order valence-electron chi connectivity index (χ3n) is 2.14. The summed E-state index contributed by atoms with van der Waals surface area (Å²) in [5.74, 6) is 0.936. The predicted octanol–water partition coefficient (Wildman–Crippen LogP) is 3.25. The van der Waals surface area contributed by atoms with Crippen LogP contribution in [0.3, 0.4) is 0 Å². The summed E-state index contributed by atoms with van der Waals surface area (Å²) in [5, 5.41) is 3.32. The zero-order valence-electron chi connectivity index (χ0n) is 9.75. The first kappa shape index (κ1) is 12.4. The van der Waals surface area contributed by atoms with Crippen LogP contribution in [-0.2, 0) is 17.6 Å². The third-order valence-corrected chi connectivity index (χ3v) is 3.09. The molecule has 0 saturated carbocycles. The van der Waals surface area contributed by atoms with E-state index in [4.69, 9.17) is 0 Å². The number of rotatable bonds is 6. The van der Waals surface area contributed by atoms with Crippen molar-refractivity contribution in [1.29, 1.82) is 0 Å². The van der Waals surface area contributed by atoms with Crippen molar-refractivity contribution >= 4 is 17.1 Å². The Kier molecular flexibility index (Phi) is 4.95. The van der Waals surface area contributed by atoms with Gasteiger partial charge in [-0.05, 0) is 32.1 Å². The quantitative estimate of drug-likeness (QED) is 0.744. The van der Waals surface area contributed by atoms with E-state index in [1.54, 1.807) is 18.3 Å². The molecular weight excluding hydrogens is 206 g/mol. The molecule has 0 amide bonds. The summed E-state index contributed by atoms with van der Waals surface area (Å²) in [7, 11) is 0. The topological polar surface area (TPSA) is 30.0 Å². The van der Waals surface area contributed by atoms with Crippen LogP contribution in [0.15, 0.2) is 5.38 Å². The van der Waals surface area contributed by atoms with Crippen LogP contribution < -0.4 is 0 Å². The van der Waals surface area contributed by atoms with Crippen LogP contribution in [0.25, 0.3) is 0 Å². The Hall–Kier alpha value is -0.700. The maximum Gasteiger partial charge on any atom is 0.129 e. The maximum atomic E-state index is 10.8. The Morgan fingerprint density at radius 1 is 1.53 bits per heavy atom. The van der Waals surface area contributed by atoms with Crippen LogP contribution in [0.1, 0.15) is 44.3 Å². The largest absolute Gasteiger partial charge is 0.300 e. The summed E-state index contributed by atoms with van der Waals surface area (Å²) < 4.78 is 0. The second-order valence-corrected chi connectivity index (χ2v) is 5.33. The fourth-order valence-corrected chi connectivity index (χ4v) is 2.32. The minimum atomic E-state index is 0.272. The van der Waals surface area contributed by atoms with Crippen molar-refractivity contribution in [2.24, 2.45) is 5.92 Å². The zero-order valence-corrected chi connectivity index (χ0v) is 10.6. The Balaban J connectivity index is 2.36. The molecule has 1 heterocycles. The van der Waals surface area contributed by atoms with Crippen molar-refractivity contribution in [3.63, 3.8) is 0 Å². The molecule has 1 aromatic rings. The molecule has 0 fully saturated rings. The highest BCUT2D eigenvalue weighted by Gasteiger charge is 2.04. The van der Waals surface area contributed by atoms with Gasteiger partial charge in [-0.3, -0.25) is 0 Å². The number of thiazole rings is 1.